The van der Waals surface area contributed by atoms with Gasteiger partial charge in [0.2, 0.25) is 10.0 Å². The third-order valence-corrected chi connectivity index (χ3v) is 4.07. The molecule has 8 heteroatoms. The van der Waals surface area contributed by atoms with Crippen molar-refractivity contribution in [3.8, 4) is 6.07 Å². The minimum atomic E-state index is -3.81. The topological polar surface area (TPSA) is 115 Å². The van der Waals surface area contributed by atoms with Crippen LogP contribution in [0, 0.1) is 11.3 Å². The summed E-state index contributed by atoms with van der Waals surface area (Å²) in [4.78, 5) is 3.59. The fraction of sp³-hybridized carbons (Fsp3) is 0.400. The van der Waals surface area contributed by atoms with Gasteiger partial charge in [0.25, 0.3) is 0 Å². The monoisotopic (exact) mass is 271 g/mol. The lowest BCUT2D eigenvalue weighted by atomic mass is 10.4. The van der Waals surface area contributed by atoms with Gasteiger partial charge < -0.3 is 10.2 Å². The first-order valence-electron chi connectivity index (χ1n) is 5.14. The van der Waals surface area contributed by atoms with Crippen molar-refractivity contribution in [1.82, 2.24) is 9.29 Å². The summed E-state index contributed by atoms with van der Waals surface area (Å²) in [5, 5.41) is 26.2. The number of pyridine rings is 1. The largest absolute Gasteiger partial charge is 0.395 e. The molecule has 1 heterocycles. The van der Waals surface area contributed by atoms with Crippen LogP contribution in [0.15, 0.2) is 23.2 Å². The van der Waals surface area contributed by atoms with Gasteiger partial charge >= 0.3 is 0 Å². The second kappa shape index (κ2) is 6.42. The molecular weight excluding hydrogens is 258 g/mol. The Morgan fingerprint density at radius 2 is 1.89 bits per heavy atom. The Hall–Kier alpha value is -1.53. The molecule has 1 aromatic heterocycles. The van der Waals surface area contributed by atoms with Crippen molar-refractivity contribution in [2.24, 2.45) is 0 Å². The second-order valence-corrected chi connectivity index (χ2v) is 5.28. The zero-order chi connectivity index (χ0) is 13.6. The van der Waals surface area contributed by atoms with E-state index in [0.717, 1.165) is 10.5 Å². The predicted molar refractivity (Wildman–Crippen MR) is 61.9 cm³/mol. The highest BCUT2D eigenvalue weighted by molar-refractivity contribution is 7.89. The maximum absolute atomic E-state index is 12.1. The van der Waals surface area contributed by atoms with Crippen molar-refractivity contribution in [1.29, 1.82) is 5.26 Å². The molecule has 0 aliphatic rings. The number of hydrogen-bond donors (Lipinski definition) is 2. The number of nitrogens with zero attached hydrogens (tertiary/aromatic N) is 3. The van der Waals surface area contributed by atoms with Crippen molar-refractivity contribution >= 4 is 10.0 Å². The highest BCUT2D eigenvalue weighted by Crippen LogP contribution is 2.14. The van der Waals surface area contributed by atoms with E-state index in [-0.39, 0.29) is 36.9 Å². The van der Waals surface area contributed by atoms with Crippen molar-refractivity contribution in [2.75, 3.05) is 26.3 Å². The fourth-order valence-electron chi connectivity index (χ4n) is 1.32. The molecule has 0 aliphatic heterocycles. The summed E-state index contributed by atoms with van der Waals surface area (Å²) in [5.41, 5.74) is 0.116. The second-order valence-electron chi connectivity index (χ2n) is 3.34. The summed E-state index contributed by atoms with van der Waals surface area (Å²) in [6, 6.07) is 4.35. The first kappa shape index (κ1) is 14.5. The molecular formula is C10H13N3O4S. The van der Waals surface area contributed by atoms with Crippen molar-refractivity contribution in [3.05, 3.63) is 24.0 Å². The van der Waals surface area contributed by atoms with Crippen molar-refractivity contribution in [3.63, 3.8) is 0 Å². The molecule has 0 radical (unpaired) electrons. The summed E-state index contributed by atoms with van der Waals surface area (Å²) in [6.45, 7) is -0.905. The zero-order valence-corrected chi connectivity index (χ0v) is 10.3. The molecule has 2 N–H and O–H groups in total. The van der Waals surface area contributed by atoms with Crippen LogP contribution in [0.4, 0.5) is 0 Å². The molecule has 0 aromatic carbocycles. The smallest absolute Gasteiger partial charge is 0.244 e. The van der Waals surface area contributed by atoms with Gasteiger partial charge in [-0.1, -0.05) is 0 Å². The Morgan fingerprint density at radius 3 is 2.28 bits per heavy atom. The lowest BCUT2D eigenvalue weighted by Crippen LogP contribution is -2.35. The SMILES string of the molecule is N#Cc1ccc(S(=O)(=O)N(CCO)CCO)cn1. The number of hydrogen-bond acceptors (Lipinski definition) is 6. The molecule has 1 aromatic rings. The lowest BCUT2D eigenvalue weighted by Gasteiger charge is -2.19. The van der Waals surface area contributed by atoms with Gasteiger partial charge in [0.1, 0.15) is 16.7 Å². The molecule has 0 saturated heterocycles. The summed E-state index contributed by atoms with van der Waals surface area (Å²) >= 11 is 0. The molecule has 0 amide bonds. The number of aromatic nitrogens is 1. The third kappa shape index (κ3) is 3.24. The van der Waals surface area contributed by atoms with Crippen LogP contribution in [-0.4, -0.2) is 54.2 Å². The first-order valence-corrected chi connectivity index (χ1v) is 6.58. The van der Waals surface area contributed by atoms with E-state index < -0.39 is 10.0 Å². The number of nitriles is 1. The number of aliphatic hydroxyl groups is 2. The quantitative estimate of drug-likeness (QED) is 0.680. The van der Waals surface area contributed by atoms with Crippen LogP contribution in [0.3, 0.4) is 0 Å². The normalized spacial score (nSPS) is 11.4. The fourth-order valence-corrected chi connectivity index (χ4v) is 2.69. The number of aliphatic hydroxyl groups excluding tert-OH is 2. The Bertz CT molecular complexity index is 515. The highest BCUT2D eigenvalue weighted by Gasteiger charge is 2.23. The molecule has 0 atom stereocenters. The lowest BCUT2D eigenvalue weighted by molar-refractivity contribution is 0.217. The predicted octanol–water partition coefficient (Wildman–Crippen LogP) is -1.07. The summed E-state index contributed by atoms with van der Waals surface area (Å²) in [6.07, 6.45) is 1.08. The number of rotatable bonds is 6. The Labute approximate surface area is 105 Å². The Morgan fingerprint density at radius 1 is 1.28 bits per heavy atom. The highest BCUT2D eigenvalue weighted by atomic mass is 32.2. The minimum absolute atomic E-state index is 0.0802. The van der Waals surface area contributed by atoms with E-state index in [4.69, 9.17) is 15.5 Å². The van der Waals surface area contributed by atoms with Crippen LogP contribution in [0.2, 0.25) is 0 Å². The van der Waals surface area contributed by atoms with Gasteiger partial charge in [-0.25, -0.2) is 13.4 Å². The molecule has 0 spiro atoms. The van der Waals surface area contributed by atoms with E-state index in [1.54, 1.807) is 6.07 Å². The van der Waals surface area contributed by atoms with Crippen LogP contribution >= 0.6 is 0 Å². The molecule has 0 saturated carbocycles. The molecule has 0 aliphatic carbocycles. The van der Waals surface area contributed by atoms with Gasteiger partial charge in [0, 0.05) is 19.3 Å². The molecule has 0 bridgehead atoms. The van der Waals surface area contributed by atoms with E-state index in [1.165, 1.54) is 12.1 Å². The molecule has 0 fully saturated rings. The van der Waals surface area contributed by atoms with Gasteiger partial charge in [-0.3, -0.25) is 0 Å². The summed E-state index contributed by atoms with van der Waals surface area (Å²) < 4.78 is 25.1. The molecule has 0 unspecified atom stereocenters. The zero-order valence-electron chi connectivity index (χ0n) is 9.52. The van der Waals surface area contributed by atoms with Gasteiger partial charge in [-0.15, -0.1) is 0 Å². The van der Waals surface area contributed by atoms with E-state index in [1.807, 2.05) is 0 Å². The van der Waals surface area contributed by atoms with Crippen molar-refractivity contribution in [2.45, 2.75) is 4.90 Å². The van der Waals surface area contributed by atoms with Crippen molar-refractivity contribution < 1.29 is 18.6 Å². The Balaban J connectivity index is 3.06. The maximum atomic E-state index is 12.1. The van der Waals surface area contributed by atoms with Gasteiger partial charge in [0.15, 0.2) is 0 Å². The van der Waals surface area contributed by atoms with Crippen LogP contribution in [0.25, 0.3) is 0 Å². The molecule has 18 heavy (non-hydrogen) atoms. The molecule has 7 nitrogen and oxygen atoms in total. The van der Waals surface area contributed by atoms with Crippen LogP contribution in [-0.2, 0) is 10.0 Å². The summed E-state index contributed by atoms with van der Waals surface area (Å²) in [5.74, 6) is 0. The average molecular weight is 271 g/mol. The minimum Gasteiger partial charge on any atom is -0.395 e. The van der Waals surface area contributed by atoms with Crippen LogP contribution in [0.5, 0.6) is 0 Å². The van der Waals surface area contributed by atoms with Gasteiger partial charge in [0.05, 0.1) is 13.2 Å². The molecule has 98 valence electrons. The van der Waals surface area contributed by atoms with Crippen LogP contribution in [0.1, 0.15) is 5.69 Å². The summed E-state index contributed by atoms with van der Waals surface area (Å²) in [7, 11) is -3.81. The van der Waals surface area contributed by atoms with Crippen LogP contribution < -0.4 is 0 Å². The third-order valence-electron chi connectivity index (χ3n) is 2.19. The Kier molecular flexibility index (Phi) is 5.18. The first-order chi connectivity index (χ1) is 8.56. The van der Waals surface area contributed by atoms with E-state index in [0.29, 0.717) is 0 Å². The van der Waals surface area contributed by atoms with E-state index in [9.17, 15) is 8.42 Å². The average Bonchev–Trinajstić information content (AvgIpc) is 2.38. The molecule has 1 rings (SSSR count). The maximum Gasteiger partial charge on any atom is 0.244 e. The standard InChI is InChI=1S/C10H13N3O4S/c11-7-9-1-2-10(8-12-9)18(16,17)13(3-5-14)4-6-15/h1-2,8,14-15H,3-6H2. The van der Waals surface area contributed by atoms with E-state index >= 15 is 0 Å². The number of sulfonamides is 1. The van der Waals surface area contributed by atoms with Gasteiger partial charge in [-0.2, -0.15) is 9.57 Å². The van der Waals surface area contributed by atoms with Gasteiger partial charge in [-0.05, 0) is 12.1 Å². The van der Waals surface area contributed by atoms with E-state index in [2.05, 4.69) is 4.98 Å².